The highest BCUT2D eigenvalue weighted by molar-refractivity contribution is 9.10. The third kappa shape index (κ3) is 4.97. The zero-order chi connectivity index (χ0) is 16.8. The van der Waals surface area contributed by atoms with E-state index in [1.165, 1.54) is 13.2 Å². The van der Waals surface area contributed by atoms with Gasteiger partial charge in [0.15, 0.2) is 11.5 Å². The number of ether oxygens (including phenoxy) is 2. The second kappa shape index (κ2) is 7.99. The standard InChI is InChI=1S/C16H13BrClNO4/c1-22-15-9-11(5-6-19(20)21)8-14(17)16(15)23-10-12-3-2-4-13(18)7-12/h2-9H,10H2,1H3. The van der Waals surface area contributed by atoms with E-state index >= 15 is 0 Å². The maximum absolute atomic E-state index is 10.4. The molecule has 2 rings (SSSR count). The molecule has 2 aromatic rings. The maximum Gasteiger partial charge on any atom is 0.235 e. The first kappa shape index (κ1) is 17.3. The van der Waals surface area contributed by atoms with Crippen LogP contribution in [0.15, 0.2) is 47.1 Å². The van der Waals surface area contributed by atoms with Crippen LogP contribution in [0.5, 0.6) is 11.5 Å². The summed E-state index contributed by atoms with van der Waals surface area (Å²) in [5, 5.41) is 11.0. The van der Waals surface area contributed by atoms with Crippen molar-refractivity contribution in [3.63, 3.8) is 0 Å². The van der Waals surface area contributed by atoms with Gasteiger partial charge in [-0.05, 0) is 51.3 Å². The molecule has 0 aliphatic rings. The molecule has 0 amide bonds. The predicted molar refractivity (Wildman–Crippen MR) is 92.5 cm³/mol. The fourth-order valence-corrected chi connectivity index (χ4v) is 2.69. The summed E-state index contributed by atoms with van der Waals surface area (Å²) in [5.74, 6) is 0.995. The molecule has 23 heavy (non-hydrogen) atoms. The Kier molecular flexibility index (Phi) is 6.01. The van der Waals surface area contributed by atoms with Gasteiger partial charge in [0.2, 0.25) is 6.20 Å². The van der Waals surface area contributed by atoms with E-state index in [2.05, 4.69) is 15.9 Å². The molecule has 0 heterocycles. The van der Waals surface area contributed by atoms with E-state index in [-0.39, 0.29) is 0 Å². The average Bonchev–Trinajstić information content (AvgIpc) is 2.51. The minimum atomic E-state index is -0.524. The zero-order valence-corrected chi connectivity index (χ0v) is 14.5. The van der Waals surface area contributed by atoms with Crippen LogP contribution in [0.3, 0.4) is 0 Å². The summed E-state index contributed by atoms with van der Waals surface area (Å²) >= 11 is 9.34. The molecule has 120 valence electrons. The Balaban J connectivity index is 2.22. The first-order chi connectivity index (χ1) is 11.0. The van der Waals surface area contributed by atoms with Crippen molar-refractivity contribution in [2.75, 3.05) is 7.11 Å². The van der Waals surface area contributed by atoms with Crippen LogP contribution >= 0.6 is 27.5 Å². The van der Waals surface area contributed by atoms with E-state index in [1.54, 1.807) is 18.2 Å². The summed E-state index contributed by atoms with van der Waals surface area (Å²) in [7, 11) is 1.51. The number of hydrogen-bond donors (Lipinski definition) is 0. The number of nitro groups is 1. The normalized spacial score (nSPS) is 10.7. The summed E-state index contributed by atoms with van der Waals surface area (Å²) in [6.45, 7) is 0.319. The van der Waals surface area contributed by atoms with Gasteiger partial charge in [-0.1, -0.05) is 23.7 Å². The molecule has 0 saturated heterocycles. The van der Waals surface area contributed by atoms with Gasteiger partial charge in [0, 0.05) is 11.1 Å². The van der Waals surface area contributed by atoms with E-state index in [1.807, 2.05) is 18.2 Å². The van der Waals surface area contributed by atoms with Crippen LogP contribution in [0, 0.1) is 10.1 Å². The van der Waals surface area contributed by atoms with Gasteiger partial charge < -0.3 is 9.47 Å². The molecule has 0 bridgehead atoms. The van der Waals surface area contributed by atoms with Gasteiger partial charge in [-0.15, -0.1) is 0 Å². The van der Waals surface area contributed by atoms with Crippen LogP contribution in [0.2, 0.25) is 5.02 Å². The lowest BCUT2D eigenvalue weighted by atomic mass is 10.2. The summed E-state index contributed by atoms with van der Waals surface area (Å²) in [6.07, 6.45) is 2.25. The molecule has 5 nitrogen and oxygen atoms in total. The first-order valence-electron chi connectivity index (χ1n) is 6.56. The quantitative estimate of drug-likeness (QED) is 0.511. The second-order valence-corrected chi connectivity index (χ2v) is 5.84. The summed E-state index contributed by atoms with van der Waals surface area (Å²) in [4.78, 5) is 9.88. The Morgan fingerprint density at radius 1 is 1.35 bits per heavy atom. The maximum atomic E-state index is 10.4. The predicted octanol–water partition coefficient (Wildman–Crippen LogP) is 4.94. The Morgan fingerprint density at radius 2 is 2.13 bits per heavy atom. The SMILES string of the molecule is COc1cc(C=C[N+](=O)[O-])cc(Br)c1OCc1cccc(Cl)c1. The molecule has 0 radical (unpaired) electrons. The molecule has 0 fully saturated rings. The highest BCUT2D eigenvalue weighted by atomic mass is 79.9. The summed E-state index contributed by atoms with van der Waals surface area (Å²) in [6, 6.07) is 10.7. The smallest absolute Gasteiger partial charge is 0.235 e. The van der Waals surface area contributed by atoms with Gasteiger partial charge in [-0.2, -0.15) is 0 Å². The lowest BCUT2D eigenvalue weighted by Crippen LogP contribution is -1.99. The van der Waals surface area contributed by atoms with Crippen molar-refractivity contribution in [2.45, 2.75) is 6.61 Å². The van der Waals surface area contributed by atoms with E-state index in [0.717, 1.165) is 11.8 Å². The second-order valence-electron chi connectivity index (χ2n) is 4.55. The average molecular weight is 399 g/mol. The molecule has 0 saturated carbocycles. The van der Waals surface area contributed by atoms with Crippen molar-refractivity contribution in [3.05, 3.63) is 73.3 Å². The number of rotatable bonds is 6. The lowest BCUT2D eigenvalue weighted by Gasteiger charge is -2.13. The van der Waals surface area contributed by atoms with Crippen molar-refractivity contribution < 1.29 is 14.4 Å². The number of methoxy groups -OCH3 is 1. The van der Waals surface area contributed by atoms with E-state index in [9.17, 15) is 10.1 Å². The van der Waals surface area contributed by atoms with Gasteiger partial charge in [0.1, 0.15) is 6.61 Å². The Bertz CT molecular complexity index is 749. The molecular weight excluding hydrogens is 386 g/mol. The number of hydrogen-bond acceptors (Lipinski definition) is 4. The Morgan fingerprint density at radius 3 is 2.78 bits per heavy atom. The Hall–Kier alpha value is -2.05. The molecule has 7 heteroatoms. The highest BCUT2D eigenvalue weighted by Gasteiger charge is 2.11. The minimum absolute atomic E-state index is 0.319. The van der Waals surface area contributed by atoms with Crippen LogP contribution in [-0.2, 0) is 6.61 Å². The van der Waals surface area contributed by atoms with E-state index in [4.69, 9.17) is 21.1 Å². The topological polar surface area (TPSA) is 61.6 Å². The van der Waals surface area contributed by atoms with Gasteiger partial charge in [0.25, 0.3) is 0 Å². The molecule has 2 aromatic carbocycles. The first-order valence-corrected chi connectivity index (χ1v) is 7.73. The monoisotopic (exact) mass is 397 g/mol. The molecule has 0 aliphatic heterocycles. The molecule has 0 unspecified atom stereocenters. The lowest BCUT2D eigenvalue weighted by molar-refractivity contribution is -0.400. The van der Waals surface area contributed by atoms with Gasteiger partial charge in [-0.25, -0.2) is 0 Å². The largest absolute Gasteiger partial charge is 0.493 e. The van der Waals surface area contributed by atoms with Crippen molar-refractivity contribution in [1.29, 1.82) is 0 Å². The fraction of sp³-hybridized carbons (Fsp3) is 0.125. The van der Waals surface area contributed by atoms with E-state index < -0.39 is 4.92 Å². The molecule has 0 aromatic heterocycles. The van der Waals surface area contributed by atoms with Gasteiger partial charge in [-0.3, -0.25) is 10.1 Å². The fourth-order valence-electron chi connectivity index (χ4n) is 1.91. The van der Waals surface area contributed by atoms with Gasteiger partial charge in [0.05, 0.1) is 16.5 Å². The van der Waals surface area contributed by atoms with Crippen LogP contribution in [0.1, 0.15) is 11.1 Å². The van der Waals surface area contributed by atoms with Crippen molar-refractivity contribution in [1.82, 2.24) is 0 Å². The molecule has 0 aliphatic carbocycles. The van der Waals surface area contributed by atoms with Crippen LogP contribution < -0.4 is 9.47 Å². The summed E-state index contributed by atoms with van der Waals surface area (Å²) < 4.78 is 11.7. The summed E-state index contributed by atoms with van der Waals surface area (Å²) in [5.41, 5.74) is 1.55. The van der Waals surface area contributed by atoms with Crippen molar-refractivity contribution in [3.8, 4) is 11.5 Å². The molecular formula is C16H13BrClNO4. The van der Waals surface area contributed by atoms with Crippen LogP contribution in [0.4, 0.5) is 0 Å². The highest BCUT2D eigenvalue weighted by Crippen LogP contribution is 2.37. The number of halogens is 2. The number of benzene rings is 2. The zero-order valence-electron chi connectivity index (χ0n) is 12.2. The van der Waals surface area contributed by atoms with Crippen molar-refractivity contribution >= 4 is 33.6 Å². The Labute approximate surface area is 146 Å². The third-order valence-electron chi connectivity index (χ3n) is 2.91. The van der Waals surface area contributed by atoms with Crippen molar-refractivity contribution in [2.24, 2.45) is 0 Å². The van der Waals surface area contributed by atoms with Crippen LogP contribution in [-0.4, -0.2) is 12.0 Å². The third-order valence-corrected chi connectivity index (χ3v) is 3.74. The molecule has 0 spiro atoms. The van der Waals surface area contributed by atoms with E-state index in [0.29, 0.717) is 33.2 Å². The number of nitrogens with zero attached hydrogens (tertiary/aromatic N) is 1. The molecule has 0 N–H and O–H groups in total. The van der Waals surface area contributed by atoms with Gasteiger partial charge >= 0.3 is 0 Å². The molecule has 0 atom stereocenters. The minimum Gasteiger partial charge on any atom is -0.493 e. The van der Waals surface area contributed by atoms with Crippen LogP contribution in [0.25, 0.3) is 6.08 Å².